The number of piperidine rings is 1. The van der Waals surface area contributed by atoms with Crippen LogP contribution in [0.4, 0.5) is 5.69 Å². The highest BCUT2D eigenvalue weighted by Crippen LogP contribution is 2.44. The number of anilines is 1. The molecule has 152 valence electrons. The number of nitrogen functional groups attached to an aromatic ring is 1. The second kappa shape index (κ2) is 8.16. The Morgan fingerprint density at radius 2 is 2.32 bits per heavy atom. The number of fused-ring (bicyclic) bond motifs is 1. The summed E-state index contributed by atoms with van der Waals surface area (Å²) in [6.07, 6.45) is 1.68. The minimum absolute atomic E-state index is 0.128. The molecule has 2 atom stereocenters. The molecule has 2 heterocycles. The number of nitrogens with zero attached hydrogens (tertiary/aromatic N) is 2. The fraction of sp³-hybridized carbons (Fsp3) is 0.600. The van der Waals surface area contributed by atoms with Crippen molar-refractivity contribution in [2.75, 3.05) is 32.5 Å². The largest absolute Gasteiger partial charge is 0.486 e. The molecule has 1 aromatic rings. The summed E-state index contributed by atoms with van der Waals surface area (Å²) in [5.41, 5.74) is 7.35. The SMILES string of the molecule is CO[C@@H]1CN(CCC#N)CC[C@@H]1NC(=O)c1cc(Cl)c(N)c2c1OC(C)(C)C2. The highest BCUT2D eigenvalue weighted by molar-refractivity contribution is 6.33. The van der Waals surface area contributed by atoms with E-state index in [2.05, 4.69) is 16.3 Å². The standard InChI is InChI=1S/C20H27ClN4O3/c1-20(2)10-13-17(23)14(21)9-12(18(13)28-20)19(26)24-15-5-8-25(7-4-6-22)11-16(15)27-3/h9,15-16H,4-5,7-8,10-11,23H2,1-3H3,(H,24,26)/t15-,16+/m0/s1. The average molecular weight is 407 g/mol. The Balaban J connectivity index is 1.77. The predicted octanol–water partition coefficient (Wildman–Crippen LogP) is 2.37. The smallest absolute Gasteiger partial charge is 0.255 e. The van der Waals surface area contributed by atoms with Crippen molar-refractivity contribution in [3.8, 4) is 11.8 Å². The topological polar surface area (TPSA) is 101 Å². The lowest BCUT2D eigenvalue weighted by molar-refractivity contribution is 0.00701. The molecule has 28 heavy (non-hydrogen) atoms. The van der Waals surface area contributed by atoms with E-state index in [0.29, 0.717) is 48.0 Å². The second-order valence-corrected chi connectivity index (χ2v) is 8.42. The van der Waals surface area contributed by atoms with Gasteiger partial charge >= 0.3 is 0 Å². The van der Waals surface area contributed by atoms with Gasteiger partial charge in [0.25, 0.3) is 5.91 Å². The number of likely N-dealkylation sites (tertiary alicyclic amines) is 1. The van der Waals surface area contributed by atoms with Gasteiger partial charge in [0, 0.05) is 45.1 Å². The molecule has 7 nitrogen and oxygen atoms in total. The first kappa shape index (κ1) is 20.7. The Morgan fingerprint density at radius 3 is 3.00 bits per heavy atom. The van der Waals surface area contributed by atoms with E-state index in [4.69, 9.17) is 32.1 Å². The van der Waals surface area contributed by atoms with Gasteiger partial charge in [-0.1, -0.05) is 11.6 Å². The molecule has 0 saturated carbocycles. The lowest BCUT2D eigenvalue weighted by atomic mass is 9.97. The number of ether oxygens (including phenoxy) is 2. The number of carbonyl (C=O) groups excluding carboxylic acids is 1. The highest BCUT2D eigenvalue weighted by Gasteiger charge is 2.37. The quantitative estimate of drug-likeness (QED) is 0.728. The molecule has 0 unspecified atom stereocenters. The Hall–Kier alpha value is -2.01. The third-order valence-electron chi connectivity index (χ3n) is 5.40. The number of nitrogens with one attached hydrogen (secondary N) is 1. The minimum atomic E-state index is -0.433. The minimum Gasteiger partial charge on any atom is -0.486 e. The van der Waals surface area contributed by atoms with Gasteiger partial charge < -0.3 is 20.5 Å². The molecule has 0 radical (unpaired) electrons. The van der Waals surface area contributed by atoms with E-state index in [-0.39, 0.29) is 18.1 Å². The van der Waals surface area contributed by atoms with E-state index in [9.17, 15) is 4.79 Å². The van der Waals surface area contributed by atoms with Crippen LogP contribution in [0.3, 0.4) is 0 Å². The number of rotatable bonds is 5. The summed E-state index contributed by atoms with van der Waals surface area (Å²) in [5.74, 6) is 0.276. The third kappa shape index (κ3) is 4.19. The first-order valence-corrected chi connectivity index (χ1v) is 9.86. The van der Waals surface area contributed by atoms with Crippen LogP contribution in [-0.2, 0) is 11.2 Å². The van der Waals surface area contributed by atoms with Crippen molar-refractivity contribution in [1.82, 2.24) is 10.2 Å². The van der Waals surface area contributed by atoms with E-state index in [1.54, 1.807) is 13.2 Å². The number of nitrogens with two attached hydrogens (primary N) is 1. The number of nitriles is 1. The maximum Gasteiger partial charge on any atom is 0.255 e. The maximum atomic E-state index is 13.1. The van der Waals surface area contributed by atoms with E-state index < -0.39 is 5.60 Å². The number of hydrogen-bond donors (Lipinski definition) is 2. The van der Waals surface area contributed by atoms with Crippen LogP contribution < -0.4 is 15.8 Å². The van der Waals surface area contributed by atoms with E-state index in [0.717, 1.165) is 18.5 Å². The molecule has 3 rings (SSSR count). The Bertz CT molecular complexity index is 806. The predicted molar refractivity (Wildman–Crippen MR) is 108 cm³/mol. The van der Waals surface area contributed by atoms with Crippen LogP contribution in [0.2, 0.25) is 5.02 Å². The van der Waals surface area contributed by atoms with Gasteiger partial charge in [-0.15, -0.1) is 0 Å². The normalized spacial score (nSPS) is 23.5. The van der Waals surface area contributed by atoms with Crippen molar-refractivity contribution >= 4 is 23.2 Å². The summed E-state index contributed by atoms with van der Waals surface area (Å²) in [6.45, 7) is 6.10. The highest BCUT2D eigenvalue weighted by atomic mass is 35.5. The molecule has 3 N–H and O–H groups in total. The first-order valence-electron chi connectivity index (χ1n) is 9.48. The molecule has 1 fully saturated rings. The summed E-state index contributed by atoms with van der Waals surface area (Å²) in [5, 5.41) is 12.2. The van der Waals surface area contributed by atoms with Crippen LogP contribution in [-0.4, -0.2) is 55.3 Å². The average Bonchev–Trinajstić information content (AvgIpc) is 2.99. The third-order valence-corrected chi connectivity index (χ3v) is 5.71. The molecule has 1 amide bonds. The molecule has 0 spiro atoms. The van der Waals surface area contributed by atoms with Gasteiger partial charge in [-0.05, 0) is 26.3 Å². The Kier molecular flexibility index (Phi) is 6.04. The van der Waals surface area contributed by atoms with Crippen LogP contribution in [0.1, 0.15) is 42.6 Å². The summed E-state index contributed by atoms with van der Waals surface area (Å²) >= 11 is 6.28. The van der Waals surface area contributed by atoms with Gasteiger partial charge in [-0.2, -0.15) is 5.26 Å². The maximum absolute atomic E-state index is 13.1. The number of carbonyl (C=O) groups is 1. The van der Waals surface area contributed by atoms with Gasteiger partial charge in [0.2, 0.25) is 0 Å². The summed E-state index contributed by atoms with van der Waals surface area (Å²) in [4.78, 5) is 15.2. The zero-order valence-electron chi connectivity index (χ0n) is 16.5. The molecule has 2 aliphatic rings. The molecule has 2 aliphatic heterocycles. The zero-order valence-corrected chi connectivity index (χ0v) is 17.3. The lowest BCUT2D eigenvalue weighted by Gasteiger charge is -2.37. The molecule has 1 aromatic carbocycles. The molecule has 0 aliphatic carbocycles. The van der Waals surface area contributed by atoms with E-state index in [1.165, 1.54) is 0 Å². The van der Waals surface area contributed by atoms with Crippen LogP contribution in [0.5, 0.6) is 5.75 Å². The number of amides is 1. The van der Waals surface area contributed by atoms with E-state index in [1.807, 2.05) is 13.8 Å². The van der Waals surface area contributed by atoms with Crippen LogP contribution in [0, 0.1) is 11.3 Å². The summed E-state index contributed by atoms with van der Waals surface area (Å²) in [7, 11) is 1.64. The second-order valence-electron chi connectivity index (χ2n) is 8.02. The molecular formula is C20H27ClN4O3. The summed E-state index contributed by atoms with van der Waals surface area (Å²) in [6, 6.07) is 3.62. The number of halogens is 1. The van der Waals surface area contributed by atoms with Gasteiger partial charge in [-0.3, -0.25) is 9.69 Å². The van der Waals surface area contributed by atoms with Crippen molar-refractivity contribution in [1.29, 1.82) is 5.26 Å². The molecule has 1 saturated heterocycles. The van der Waals surface area contributed by atoms with Gasteiger partial charge in [0.1, 0.15) is 11.4 Å². The summed E-state index contributed by atoms with van der Waals surface area (Å²) < 4.78 is 11.6. The van der Waals surface area contributed by atoms with Crippen molar-refractivity contribution in [3.05, 3.63) is 22.2 Å². The van der Waals surface area contributed by atoms with Crippen molar-refractivity contribution in [2.45, 2.75) is 50.9 Å². The van der Waals surface area contributed by atoms with Gasteiger partial charge in [0.15, 0.2) is 0 Å². The fourth-order valence-electron chi connectivity index (χ4n) is 3.94. The number of methoxy groups -OCH3 is 1. The Labute approximate surface area is 170 Å². The molecule has 0 bridgehead atoms. The lowest BCUT2D eigenvalue weighted by Crippen LogP contribution is -2.54. The van der Waals surface area contributed by atoms with Crippen LogP contribution >= 0.6 is 11.6 Å². The van der Waals surface area contributed by atoms with Crippen LogP contribution in [0.15, 0.2) is 6.07 Å². The number of benzene rings is 1. The van der Waals surface area contributed by atoms with Crippen molar-refractivity contribution < 1.29 is 14.3 Å². The van der Waals surface area contributed by atoms with Gasteiger partial charge in [-0.25, -0.2) is 0 Å². The fourth-order valence-corrected chi connectivity index (χ4v) is 4.16. The molecule has 8 heteroatoms. The molecule has 0 aromatic heterocycles. The first-order chi connectivity index (χ1) is 13.3. The zero-order chi connectivity index (χ0) is 20.5. The van der Waals surface area contributed by atoms with Crippen LogP contribution in [0.25, 0.3) is 0 Å². The van der Waals surface area contributed by atoms with E-state index >= 15 is 0 Å². The van der Waals surface area contributed by atoms with Gasteiger partial charge in [0.05, 0.1) is 34.5 Å². The monoisotopic (exact) mass is 406 g/mol. The Morgan fingerprint density at radius 1 is 1.57 bits per heavy atom. The van der Waals surface area contributed by atoms with Crippen molar-refractivity contribution in [3.63, 3.8) is 0 Å². The van der Waals surface area contributed by atoms with Crippen molar-refractivity contribution in [2.24, 2.45) is 0 Å². The number of hydrogen-bond acceptors (Lipinski definition) is 6. The molecular weight excluding hydrogens is 380 g/mol.